The Morgan fingerprint density at radius 3 is 2.59 bits per heavy atom. The van der Waals surface area contributed by atoms with Gasteiger partial charge in [-0.15, -0.1) is 0 Å². The Bertz CT molecular complexity index is 1010. The highest BCUT2D eigenvalue weighted by atomic mass is 35.5. The predicted molar refractivity (Wildman–Crippen MR) is 119 cm³/mol. The Labute approximate surface area is 200 Å². The highest BCUT2D eigenvalue weighted by molar-refractivity contribution is 6.30. The maximum Gasteiger partial charge on any atom is 0.490 e. The molecule has 1 N–H and O–H groups in total. The number of esters is 2. The van der Waals surface area contributed by atoms with Gasteiger partial charge in [0.1, 0.15) is 12.4 Å². The zero-order chi connectivity index (χ0) is 24.7. The van der Waals surface area contributed by atoms with Crippen molar-refractivity contribution in [2.75, 3.05) is 26.4 Å². The van der Waals surface area contributed by atoms with Crippen molar-refractivity contribution >= 4 is 23.5 Å². The molecule has 0 aromatic heterocycles. The van der Waals surface area contributed by atoms with Crippen LogP contribution in [0.4, 0.5) is 13.2 Å². The number of nitrogens with one attached hydrogen (secondary N) is 1. The van der Waals surface area contributed by atoms with Gasteiger partial charge in [-0.25, -0.2) is 9.59 Å². The first-order valence-electron chi connectivity index (χ1n) is 10.8. The summed E-state index contributed by atoms with van der Waals surface area (Å²) in [6.07, 6.45) is -3.81. The highest BCUT2D eigenvalue weighted by Gasteiger charge is 2.40. The van der Waals surface area contributed by atoms with Gasteiger partial charge in [-0.2, -0.15) is 13.2 Å². The Morgan fingerprint density at radius 2 is 1.88 bits per heavy atom. The van der Waals surface area contributed by atoms with E-state index in [1.54, 1.807) is 19.1 Å². The van der Waals surface area contributed by atoms with E-state index in [1.807, 2.05) is 30.3 Å². The molecule has 0 aliphatic heterocycles. The lowest BCUT2D eigenvalue weighted by Gasteiger charge is -2.34. The maximum atomic E-state index is 12.4. The zero-order valence-corrected chi connectivity index (χ0v) is 19.2. The molecule has 34 heavy (non-hydrogen) atoms. The molecule has 2 aromatic carbocycles. The monoisotopic (exact) mass is 499 g/mol. The third-order valence-corrected chi connectivity index (χ3v) is 5.69. The second kappa shape index (κ2) is 11.6. The Hall–Kier alpha value is -2.78. The smallest absolute Gasteiger partial charge is 0.482 e. The van der Waals surface area contributed by atoms with Crippen molar-refractivity contribution in [3.63, 3.8) is 0 Å². The molecule has 0 radical (unpaired) electrons. The molecule has 1 aliphatic rings. The molecular formula is C24H25ClF3NO5. The summed E-state index contributed by atoms with van der Waals surface area (Å²) in [5, 5.41) is 3.81. The minimum absolute atomic E-state index is 0.00387. The summed E-state index contributed by atoms with van der Waals surface area (Å²) < 4.78 is 51.8. The quantitative estimate of drug-likeness (QED) is 0.411. The first kappa shape index (κ1) is 25.8. The molecule has 10 heteroatoms. The molecule has 2 aromatic rings. The standard InChI is InChI=1S/C24H25ClF3NO5/c1-2-32-22(30)14-34-19-7-6-15-12-20(16-4-3-5-18(25)10-16)21(13-17(15)11-19)29-8-9-33-23(31)24(26,27)28/h3-7,10-11,20-21,29H,2,8-9,12-14H2,1H3. The number of benzene rings is 2. The normalized spacial score (nSPS) is 17.6. The number of carbonyl (C=O) groups is 2. The van der Waals surface area contributed by atoms with E-state index in [0.717, 1.165) is 16.7 Å². The minimum Gasteiger partial charge on any atom is -0.482 e. The lowest BCUT2D eigenvalue weighted by atomic mass is 9.76. The van der Waals surface area contributed by atoms with E-state index in [1.165, 1.54) is 0 Å². The Morgan fingerprint density at radius 1 is 1.09 bits per heavy atom. The number of fused-ring (bicyclic) bond motifs is 1. The third kappa shape index (κ3) is 7.11. The average molecular weight is 500 g/mol. The number of alkyl halides is 3. The zero-order valence-electron chi connectivity index (χ0n) is 18.5. The number of hydrogen-bond donors (Lipinski definition) is 1. The van der Waals surface area contributed by atoms with E-state index < -0.39 is 24.7 Å². The van der Waals surface area contributed by atoms with Gasteiger partial charge >= 0.3 is 18.1 Å². The van der Waals surface area contributed by atoms with Crippen LogP contribution in [0.1, 0.15) is 29.5 Å². The molecule has 2 unspecified atom stereocenters. The van der Waals surface area contributed by atoms with E-state index >= 15 is 0 Å². The van der Waals surface area contributed by atoms with Crippen LogP contribution in [0.2, 0.25) is 5.02 Å². The van der Waals surface area contributed by atoms with Crippen LogP contribution in [0.25, 0.3) is 0 Å². The van der Waals surface area contributed by atoms with Gasteiger partial charge in [0.2, 0.25) is 0 Å². The third-order valence-electron chi connectivity index (χ3n) is 5.46. The number of halogens is 4. The molecule has 0 spiro atoms. The van der Waals surface area contributed by atoms with E-state index in [9.17, 15) is 22.8 Å². The molecule has 0 saturated heterocycles. The molecule has 0 amide bonds. The maximum absolute atomic E-state index is 12.4. The van der Waals surface area contributed by atoms with Gasteiger partial charge in [0.25, 0.3) is 0 Å². The minimum atomic E-state index is -5.02. The highest BCUT2D eigenvalue weighted by Crippen LogP contribution is 2.35. The molecule has 1 aliphatic carbocycles. The second-order valence-electron chi connectivity index (χ2n) is 7.79. The fourth-order valence-electron chi connectivity index (χ4n) is 3.96. The Kier molecular flexibility index (Phi) is 8.79. The molecule has 0 saturated carbocycles. The van der Waals surface area contributed by atoms with Gasteiger partial charge in [0.05, 0.1) is 6.61 Å². The molecule has 2 atom stereocenters. The van der Waals surface area contributed by atoms with Gasteiger partial charge in [0.15, 0.2) is 6.61 Å². The summed E-state index contributed by atoms with van der Waals surface area (Å²) in [5.41, 5.74) is 3.07. The van der Waals surface area contributed by atoms with Crippen molar-refractivity contribution in [1.82, 2.24) is 5.32 Å². The van der Waals surface area contributed by atoms with Gasteiger partial charge < -0.3 is 19.5 Å². The van der Waals surface area contributed by atoms with Gasteiger partial charge in [-0.05, 0) is 60.7 Å². The molecule has 3 rings (SSSR count). The molecule has 0 fully saturated rings. The molecule has 184 valence electrons. The van der Waals surface area contributed by atoms with Crippen molar-refractivity contribution in [3.05, 3.63) is 64.2 Å². The summed E-state index contributed by atoms with van der Waals surface area (Å²) in [4.78, 5) is 22.5. The van der Waals surface area contributed by atoms with Crippen LogP contribution in [0.5, 0.6) is 5.75 Å². The summed E-state index contributed by atoms with van der Waals surface area (Å²) in [5.74, 6) is -2.16. The largest absolute Gasteiger partial charge is 0.490 e. The van der Waals surface area contributed by atoms with E-state index in [2.05, 4.69) is 10.1 Å². The summed E-state index contributed by atoms with van der Waals surface area (Å²) >= 11 is 6.18. The molecular weight excluding hydrogens is 475 g/mol. The lowest BCUT2D eigenvalue weighted by Crippen LogP contribution is -2.42. The summed E-state index contributed by atoms with van der Waals surface area (Å²) in [6.45, 7) is 1.42. The topological polar surface area (TPSA) is 73.9 Å². The fraction of sp³-hybridized carbons (Fsp3) is 0.417. The lowest BCUT2D eigenvalue weighted by molar-refractivity contribution is -0.199. The fourth-order valence-corrected chi connectivity index (χ4v) is 4.15. The first-order valence-corrected chi connectivity index (χ1v) is 11.2. The summed E-state index contributed by atoms with van der Waals surface area (Å²) in [6, 6.07) is 12.9. The van der Waals surface area contributed by atoms with Crippen LogP contribution in [0.3, 0.4) is 0 Å². The van der Waals surface area contributed by atoms with Crippen molar-refractivity contribution in [2.24, 2.45) is 0 Å². The van der Waals surface area contributed by atoms with Crippen LogP contribution in [-0.2, 0) is 31.9 Å². The van der Waals surface area contributed by atoms with Crippen molar-refractivity contribution in [3.8, 4) is 5.75 Å². The van der Waals surface area contributed by atoms with Crippen molar-refractivity contribution in [2.45, 2.75) is 37.9 Å². The van der Waals surface area contributed by atoms with Crippen molar-refractivity contribution < 1.29 is 37.0 Å². The molecule has 0 bridgehead atoms. The SMILES string of the molecule is CCOC(=O)COc1ccc2c(c1)CC(NCCOC(=O)C(F)(F)F)C(c1cccc(Cl)c1)C2. The number of rotatable bonds is 9. The second-order valence-corrected chi connectivity index (χ2v) is 8.22. The summed E-state index contributed by atoms with van der Waals surface area (Å²) in [7, 11) is 0. The average Bonchev–Trinajstić information content (AvgIpc) is 2.79. The van der Waals surface area contributed by atoms with Crippen molar-refractivity contribution in [1.29, 1.82) is 0 Å². The predicted octanol–water partition coefficient (Wildman–Crippen LogP) is 4.23. The Balaban J connectivity index is 1.72. The first-order chi connectivity index (χ1) is 16.2. The molecule has 6 nitrogen and oxygen atoms in total. The van der Waals surface area contributed by atoms with E-state index in [4.69, 9.17) is 21.1 Å². The van der Waals surface area contributed by atoms with Crippen LogP contribution >= 0.6 is 11.6 Å². The number of carbonyl (C=O) groups excluding carboxylic acids is 2. The number of hydrogen-bond acceptors (Lipinski definition) is 6. The molecule has 0 heterocycles. The van der Waals surface area contributed by atoms with E-state index in [0.29, 0.717) is 23.6 Å². The van der Waals surface area contributed by atoms with Gasteiger partial charge in [-0.1, -0.05) is 29.8 Å². The van der Waals surface area contributed by atoms with E-state index in [-0.39, 0.29) is 31.7 Å². The van der Waals surface area contributed by atoms with Crippen LogP contribution in [0.15, 0.2) is 42.5 Å². The van der Waals surface area contributed by atoms with Crippen LogP contribution in [-0.4, -0.2) is 50.5 Å². The van der Waals surface area contributed by atoms with Crippen LogP contribution < -0.4 is 10.1 Å². The van der Waals surface area contributed by atoms with Gasteiger partial charge in [0, 0.05) is 23.5 Å². The van der Waals surface area contributed by atoms with Crippen LogP contribution in [0, 0.1) is 0 Å². The van der Waals surface area contributed by atoms with Gasteiger partial charge in [-0.3, -0.25) is 0 Å². The number of ether oxygens (including phenoxy) is 3.